The van der Waals surface area contributed by atoms with Gasteiger partial charge < -0.3 is 14.8 Å². The molecule has 0 saturated heterocycles. The van der Waals surface area contributed by atoms with Gasteiger partial charge in [-0.3, -0.25) is 0 Å². The van der Waals surface area contributed by atoms with Crippen molar-refractivity contribution in [3.05, 3.63) is 39.0 Å². The van der Waals surface area contributed by atoms with Crippen molar-refractivity contribution in [2.75, 3.05) is 19.0 Å². The number of ether oxygens (including phenoxy) is 2. The summed E-state index contributed by atoms with van der Waals surface area (Å²) in [5.74, 6) is -0.376. The monoisotopic (exact) mass is 403 g/mol. The van der Waals surface area contributed by atoms with E-state index in [-0.39, 0.29) is 12.1 Å². The molecular formula is C14H15Br2NO3. The molecule has 0 amide bonds. The van der Waals surface area contributed by atoms with E-state index in [0.717, 1.165) is 27.5 Å². The molecule has 1 aliphatic heterocycles. The van der Waals surface area contributed by atoms with Crippen molar-refractivity contribution in [1.82, 2.24) is 0 Å². The molecule has 6 heteroatoms. The fourth-order valence-electron chi connectivity index (χ4n) is 1.98. The molecule has 108 valence electrons. The number of rotatable bonds is 4. The Morgan fingerprint density at radius 3 is 2.95 bits per heavy atom. The molecule has 0 fully saturated rings. The van der Waals surface area contributed by atoms with E-state index in [9.17, 15) is 4.79 Å². The molecule has 1 aromatic carbocycles. The van der Waals surface area contributed by atoms with Gasteiger partial charge in [-0.05, 0) is 47.0 Å². The first-order chi connectivity index (χ1) is 9.61. The maximum Gasteiger partial charge on any atom is 0.340 e. The molecule has 2 rings (SSSR count). The van der Waals surface area contributed by atoms with Crippen LogP contribution >= 0.6 is 31.9 Å². The maximum atomic E-state index is 11.8. The van der Waals surface area contributed by atoms with Crippen LogP contribution < -0.4 is 5.32 Å². The van der Waals surface area contributed by atoms with Crippen LogP contribution in [0.3, 0.4) is 0 Å². The van der Waals surface area contributed by atoms with Crippen LogP contribution in [0.25, 0.3) is 0 Å². The van der Waals surface area contributed by atoms with E-state index >= 15 is 0 Å². The molecular weight excluding hydrogens is 390 g/mol. The van der Waals surface area contributed by atoms with Gasteiger partial charge in [0.15, 0.2) is 0 Å². The number of methoxy groups -OCH3 is 1. The Kier molecular flexibility index (Phi) is 5.48. The van der Waals surface area contributed by atoms with Gasteiger partial charge in [-0.2, -0.15) is 0 Å². The Labute approximate surface area is 134 Å². The van der Waals surface area contributed by atoms with Crippen LogP contribution in [0.2, 0.25) is 0 Å². The summed E-state index contributed by atoms with van der Waals surface area (Å²) < 4.78 is 11.9. The van der Waals surface area contributed by atoms with Crippen molar-refractivity contribution in [1.29, 1.82) is 0 Å². The number of carbonyl (C=O) groups is 1. The van der Waals surface area contributed by atoms with E-state index in [1.165, 1.54) is 7.11 Å². The molecule has 0 bridgehead atoms. The molecule has 0 aliphatic carbocycles. The Morgan fingerprint density at radius 1 is 1.50 bits per heavy atom. The molecule has 0 aromatic heterocycles. The van der Waals surface area contributed by atoms with Crippen LogP contribution in [0, 0.1) is 0 Å². The topological polar surface area (TPSA) is 47.6 Å². The van der Waals surface area contributed by atoms with E-state index in [2.05, 4.69) is 37.2 Å². The molecule has 0 radical (unpaired) electrons. The van der Waals surface area contributed by atoms with Gasteiger partial charge in [-0.1, -0.05) is 15.9 Å². The molecule has 1 atom stereocenters. The molecule has 1 aromatic rings. The van der Waals surface area contributed by atoms with Crippen LogP contribution in [0.1, 0.15) is 23.2 Å². The summed E-state index contributed by atoms with van der Waals surface area (Å²) in [4.78, 5) is 11.8. The van der Waals surface area contributed by atoms with Crippen molar-refractivity contribution in [2.45, 2.75) is 18.9 Å². The fourth-order valence-corrected chi connectivity index (χ4v) is 3.34. The first-order valence-electron chi connectivity index (χ1n) is 6.23. The van der Waals surface area contributed by atoms with Crippen molar-refractivity contribution >= 4 is 43.5 Å². The third-order valence-electron chi connectivity index (χ3n) is 2.99. The largest absolute Gasteiger partial charge is 0.497 e. The Morgan fingerprint density at radius 2 is 2.30 bits per heavy atom. The van der Waals surface area contributed by atoms with Crippen LogP contribution in [-0.2, 0) is 9.47 Å². The summed E-state index contributed by atoms with van der Waals surface area (Å²) in [7, 11) is 1.37. The highest BCUT2D eigenvalue weighted by Crippen LogP contribution is 2.31. The first-order valence-corrected chi connectivity index (χ1v) is 7.82. The van der Waals surface area contributed by atoms with E-state index in [1.807, 2.05) is 12.1 Å². The number of allylic oxidation sites excluding steroid dienone is 1. The van der Waals surface area contributed by atoms with Gasteiger partial charge in [0.25, 0.3) is 0 Å². The second-order valence-electron chi connectivity index (χ2n) is 4.39. The SMILES string of the molecule is COC(=O)c1cc(Br)cc(Br)c1NCC1CCC=CO1. The molecule has 20 heavy (non-hydrogen) atoms. The van der Waals surface area contributed by atoms with Crippen molar-refractivity contribution in [3.8, 4) is 0 Å². The zero-order valence-electron chi connectivity index (χ0n) is 11.0. The predicted octanol–water partition coefficient (Wildman–Crippen LogP) is 4.10. The number of hydrogen-bond donors (Lipinski definition) is 1. The van der Waals surface area contributed by atoms with Crippen LogP contribution in [0.15, 0.2) is 33.4 Å². The molecule has 4 nitrogen and oxygen atoms in total. The summed E-state index contributed by atoms with van der Waals surface area (Å²) in [6.07, 6.45) is 5.82. The molecule has 1 N–H and O–H groups in total. The van der Waals surface area contributed by atoms with Crippen molar-refractivity contribution in [2.24, 2.45) is 0 Å². The minimum absolute atomic E-state index is 0.112. The lowest BCUT2D eigenvalue weighted by Crippen LogP contribution is -2.24. The molecule has 1 unspecified atom stereocenters. The third kappa shape index (κ3) is 3.76. The maximum absolute atomic E-state index is 11.8. The van der Waals surface area contributed by atoms with Gasteiger partial charge in [-0.25, -0.2) is 4.79 Å². The van der Waals surface area contributed by atoms with Gasteiger partial charge in [-0.15, -0.1) is 0 Å². The first kappa shape index (κ1) is 15.4. The zero-order chi connectivity index (χ0) is 14.5. The smallest absolute Gasteiger partial charge is 0.340 e. The summed E-state index contributed by atoms with van der Waals surface area (Å²) in [5, 5.41) is 3.27. The zero-order valence-corrected chi connectivity index (χ0v) is 14.2. The van der Waals surface area contributed by atoms with E-state index in [1.54, 1.807) is 12.3 Å². The fraction of sp³-hybridized carbons (Fsp3) is 0.357. The minimum atomic E-state index is -0.376. The number of nitrogens with one attached hydrogen (secondary N) is 1. The Balaban J connectivity index is 2.16. The average Bonchev–Trinajstić information content (AvgIpc) is 2.46. The van der Waals surface area contributed by atoms with E-state index in [4.69, 9.17) is 9.47 Å². The van der Waals surface area contributed by atoms with Gasteiger partial charge >= 0.3 is 5.97 Å². The predicted molar refractivity (Wildman–Crippen MR) is 84.9 cm³/mol. The van der Waals surface area contributed by atoms with Crippen molar-refractivity contribution < 1.29 is 14.3 Å². The lowest BCUT2D eigenvalue weighted by molar-refractivity contribution is 0.0601. The molecule has 0 spiro atoms. The Hall–Kier alpha value is -1.01. The van der Waals surface area contributed by atoms with Gasteiger partial charge in [0.1, 0.15) is 6.10 Å². The highest BCUT2D eigenvalue weighted by molar-refractivity contribution is 9.11. The highest BCUT2D eigenvalue weighted by Gasteiger charge is 2.18. The lowest BCUT2D eigenvalue weighted by Gasteiger charge is -2.21. The highest BCUT2D eigenvalue weighted by atomic mass is 79.9. The summed E-state index contributed by atoms with van der Waals surface area (Å²) in [5.41, 5.74) is 1.21. The van der Waals surface area contributed by atoms with Gasteiger partial charge in [0.2, 0.25) is 0 Å². The van der Waals surface area contributed by atoms with Crippen LogP contribution in [0.4, 0.5) is 5.69 Å². The number of anilines is 1. The number of benzene rings is 1. The van der Waals surface area contributed by atoms with Crippen molar-refractivity contribution in [3.63, 3.8) is 0 Å². The summed E-state index contributed by atoms with van der Waals surface area (Å²) in [6, 6.07) is 3.62. The quantitative estimate of drug-likeness (QED) is 0.767. The molecule has 0 saturated carbocycles. The molecule has 1 aliphatic rings. The average molecular weight is 405 g/mol. The normalized spacial score (nSPS) is 17.4. The minimum Gasteiger partial charge on any atom is -0.497 e. The number of halogens is 2. The third-order valence-corrected chi connectivity index (χ3v) is 4.07. The van der Waals surface area contributed by atoms with E-state index < -0.39 is 0 Å². The number of carbonyl (C=O) groups excluding carboxylic acids is 1. The number of hydrogen-bond acceptors (Lipinski definition) is 4. The van der Waals surface area contributed by atoms with Crippen LogP contribution in [0.5, 0.6) is 0 Å². The summed E-state index contributed by atoms with van der Waals surface area (Å²) in [6.45, 7) is 0.633. The van der Waals surface area contributed by atoms with Gasteiger partial charge in [0, 0.05) is 8.95 Å². The second-order valence-corrected chi connectivity index (χ2v) is 6.16. The Bertz CT molecular complexity index is 531. The van der Waals surface area contributed by atoms with E-state index in [0.29, 0.717) is 12.1 Å². The molecule has 1 heterocycles. The summed E-state index contributed by atoms with van der Waals surface area (Å²) >= 11 is 6.84. The second kappa shape index (κ2) is 7.13. The lowest BCUT2D eigenvalue weighted by atomic mass is 10.1. The number of esters is 1. The van der Waals surface area contributed by atoms with Crippen LogP contribution in [-0.4, -0.2) is 25.7 Å². The standard InChI is InChI=1S/C14H15Br2NO3/c1-19-14(18)11-6-9(15)7-12(16)13(11)17-8-10-4-2-3-5-20-10/h3,5-7,10,17H,2,4,8H2,1H3. The van der Waals surface area contributed by atoms with Gasteiger partial charge in [0.05, 0.1) is 31.2 Å².